The average molecular weight is 374 g/mol. The van der Waals surface area contributed by atoms with E-state index in [1.165, 1.54) is 122 Å². The van der Waals surface area contributed by atoms with Crippen molar-refractivity contribution in [3.8, 4) is 6.07 Å². The van der Waals surface area contributed by atoms with Gasteiger partial charge in [0.25, 0.3) is 0 Å². The zero-order valence-corrected chi connectivity index (χ0v) is 18.6. The van der Waals surface area contributed by atoms with Gasteiger partial charge >= 0.3 is 0 Å². The fourth-order valence-corrected chi connectivity index (χ4v) is 5.76. The van der Waals surface area contributed by atoms with Gasteiger partial charge in [-0.15, -0.1) is 0 Å². The van der Waals surface area contributed by atoms with Gasteiger partial charge in [0.15, 0.2) is 0 Å². The molecule has 0 unspecified atom stereocenters. The predicted molar refractivity (Wildman–Crippen MR) is 118 cm³/mol. The molecule has 0 amide bonds. The lowest BCUT2D eigenvalue weighted by molar-refractivity contribution is 0.163. The maximum atomic E-state index is 9.88. The Morgan fingerprint density at radius 3 is 1.78 bits per heavy atom. The molecule has 2 aliphatic carbocycles. The number of nitrogens with zero attached hydrogens (tertiary/aromatic N) is 1. The molecular formula is C26H47N. The van der Waals surface area contributed by atoms with E-state index in [2.05, 4.69) is 19.9 Å². The van der Waals surface area contributed by atoms with Crippen molar-refractivity contribution in [3.63, 3.8) is 0 Å². The minimum atomic E-state index is 0.0405. The summed E-state index contributed by atoms with van der Waals surface area (Å²) in [4.78, 5) is 0. The largest absolute Gasteiger partial charge is 0.198 e. The highest BCUT2D eigenvalue weighted by Gasteiger charge is 2.35. The summed E-state index contributed by atoms with van der Waals surface area (Å²) < 4.78 is 0. The molecule has 2 fully saturated rings. The Morgan fingerprint density at radius 1 is 0.667 bits per heavy atom. The number of nitriles is 1. The van der Waals surface area contributed by atoms with Crippen molar-refractivity contribution in [2.75, 3.05) is 0 Å². The second kappa shape index (κ2) is 12.9. The van der Waals surface area contributed by atoms with Crippen LogP contribution in [0.15, 0.2) is 0 Å². The second-order valence-corrected chi connectivity index (χ2v) is 10.1. The quantitative estimate of drug-likeness (QED) is 0.313. The summed E-state index contributed by atoms with van der Waals surface area (Å²) in [6.07, 6.45) is 26.1. The summed E-state index contributed by atoms with van der Waals surface area (Å²) in [6, 6.07) is 2.79. The molecule has 2 aliphatic rings. The molecule has 0 bridgehead atoms. The topological polar surface area (TPSA) is 23.8 Å². The molecule has 1 heteroatoms. The van der Waals surface area contributed by atoms with E-state index in [1.54, 1.807) is 0 Å². The van der Waals surface area contributed by atoms with E-state index >= 15 is 0 Å². The lowest BCUT2D eigenvalue weighted by Crippen LogP contribution is -2.27. The van der Waals surface area contributed by atoms with Crippen LogP contribution in [0.1, 0.15) is 136 Å². The first-order valence-corrected chi connectivity index (χ1v) is 12.6. The van der Waals surface area contributed by atoms with Gasteiger partial charge in [0, 0.05) is 0 Å². The standard InChI is InChI=1S/C26H47N/c1-3-5-7-8-9-11-23-12-14-25(15-13-23)18-21-26(22-27)19-16-24(17-20-26)10-6-4-2/h23-25H,3-21H2,1-2H3. The molecule has 0 radical (unpaired) electrons. The zero-order chi connectivity index (χ0) is 19.4. The van der Waals surface area contributed by atoms with Crippen LogP contribution in [-0.4, -0.2) is 0 Å². The summed E-state index contributed by atoms with van der Waals surface area (Å²) in [7, 11) is 0. The van der Waals surface area contributed by atoms with E-state index in [0.717, 1.165) is 17.8 Å². The molecular weight excluding hydrogens is 326 g/mol. The van der Waals surface area contributed by atoms with Crippen molar-refractivity contribution in [2.24, 2.45) is 23.2 Å². The smallest absolute Gasteiger partial charge is 0.0689 e. The highest BCUT2D eigenvalue weighted by molar-refractivity contribution is 5.01. The lowest BCUT2D eigenvalue weighted by atomic mass is 9.66. The van der Waals surface area contributed by atoms with E-state index in [1.807, 2.05) is 0 Å². The second-order valence-electron chi connectivity index (χ2n) is 10.1. The van der Waals surface area contributed by atoms with Crippen LogP contribution in [0.2, 0.25) is 0 Å². The van der Waals surface area contributed by atoms with Crippen molar-refractivity contribution in [1.29, 1.82) is 5.26 Å². The third-order valence-corrected chi connectivity index (χ3v) is 7.98. The first-order valence-electron chi connectivity index (χ1n) is 12.6. The number of hydrogen-bond acceptors (Lipinski definition) is 1. The van der Waals surface area contributed by atoms with Crippen LogP contribution in [0.3, 0.4) is 0 Å². The van der Waals surface area contributed by atoms with Crippen LogP contribution in [0.4, 0.5) is 0 Å². The van der Waals surface area contributed by atoms with Gasteiger partial charge in [-0.05, 0) is 56.3 Å². The van der Waals surface area contributed by atoms with Gasteiger partial charge in [-0.2, -0.15) is 5.26 Å². The molecule has 156 valence electrons. The maximum Gasteiger partial charge on any atom is 0.0689 e. The summed E-state index contributed by atoms with van der Waals surface area (Å²) in [5.41, 5.74) is 0.0405. The molecule has 0 aliphatic heterocycles. The van der Waals surface area contributed by atoms with Gasteiger partial charge < -0.3 is 0 Å². The van der Waals surface area contributed by atoms with E-state index in [0.29, 0.717) is 0 Å². The highest BCUT2D eigenvalue weighted by Crippen LogP contribution is 2.45. The van der Waals surface area contributed by atoms with Crippen molar-refractivity contribution < 1.29 is 0 Å². The van der Waals surface area contributed by atoms with Crippen molar-refractivity contribution in [1.82, 2.24) is 0 Å². The van der Waals surface area contributed by atoms with Crippen molar-refractivity contribution in [2.45, 2.75) is 136 Å². The fraction of sp³-hybridized carbons (Fsp3) is 0.962. The Morgan fingerprint density at radius 2 is 1.19 bits per heavy atom. The molecule has 0 saturated heterocycles. The molecule has 0 N–H and O–H groups in total. The van der Waals surface area contributed by atoms with Crippen LogP contribution in [-0.2, 0) is 0 Å². The third-order valence-electron chi connectivity index (χ3n) is 7.98. The zero-order valence-electron chi connectivity index (χ0n) is 18.6. The molecule has 0 spiro atoms. The first kappa shape index (κ1) is 22.8. The number of hydrogen-bond donors (Lipinski definition) is 0. The Hall–Kier alpha value is -0.510. The SMILES string of the molecule is CCCCCCCC1CCC(CCC2(C#N)CCC(CCCC)CC2)CC1. The van der Waals surface area contributed by atoms with E-state index in [4.69, 9.17) is 0 Å². The van der Waals surface area contributed by atoms with Crippen LogP contribution in [0, 0.1) is 34.5 Å². The van der Waals surface area contributed by atoms with Crippen molar-refractivity contribution >= 4 is 0 Å². The van der Waals surface area contributed by atoms with Gasteiger partial charge in [0.1, 0.15) is 0 Å². The van der Waals surface area contributed by atoms with Crippen LogP contribution in [0.5, 0.6) is 0 Å². The Labute approximate surface area is 170 Å². The summed E-state index contributed by atoms with van der Waals surface area (Å²) >= 11 is 0. The molecule has 0 aromatic carbocycles. The normalized spacial score (nSPS) is 31.5. The minimum Gasteiger partial charge on any atom is -0.198 e. The molecule has 0 heterocycles. The van der Waals surface area contributed by atoms with Crippen LogP contribution >= 0.6 is 0 Å². The van der Waals surface area contributed by atoms with Gasteiger partial charge in [0.05, 0.1) is 11.5 Å². The molecule has 2 rings (SSSR count). The van der Waals surface area contributed by atoms with E-state index in [9.17, 15) is 5.26 Å². The van der Waals surface area contributed by atoms with Crippen LogP contribution in [0.25, 0.3) is 0 Å². The van der Waals surface area contributed by atoms with Gasteiger partial charge in [0.2, 0.25) is 0 Å². The van der Waals surface area contributed by atoms with E-state index in [-0.39, 0.29) is 5.41 Å². The predicted octanol–water partition coefficient (Wildman–Crippen LogP) is 8.82. The monoisotopic (exact) mass is 373 g/mol. The Kier molecular flexibility index (Phi) is 10.8. The molecule has 0 atom stereocenters. The minimum absolute atomic E-state index is 0.0405. The summed E-state index contributed by atoms with van der Waals surface area (Å²) in [5.74, 6) is 2.85. The Balaban J connectivity index is 1.60. The van der Waals surface area contributed by atoms with Gasteiger partial charge in [-0.3, -0.25) is 0 Å². The summed E-state index contributed by atoms with van der Waals surface area (Å²) in [6.45, 7) is 4.60. The number of rotatable bonds is 12. The molecule has 2 saturated carbocycles. The molecule has 0 aromatic heterocycles. The van der Waals surface area contributed by atoms with Gasteiger partial charge in [-0.25, -0.2) is 0 Å². The van der Waals surface area contributed by atoms with Gasteiger partial charge in [-0.1, -0.05) is 97.3 Å². The lowest BCUT2D eigenvalue weighted by Gasteiger charge is -2.37. The highest BCUT2D eigenvalue weighted by atomic mass is 14.4. The molecule has 1 nitrogen and oxygen atoms in total. The maximum absolute atomic E-state index is 9.88. The third kappa shape index (κ3) is 8.17. The average Bonchev–Trinajstić information content (AvgIpc) is 2.72. The molecule has 27 heavy (non-hydrogen) atoms. The van der Waals surface area contributed by atoms with Crippen LogP contribution < -0.4 is 0 Å². The molecule has 0 aromatic rings. The summed E-state index contributed by atoms with van der Waals surface area (Å²) in [5, 5.41) is 9.88. The number of unbranched alkanes of at least 4 members (excludes halogenated alkanes) is 5. The Bertz CT molecular complexity index is 404. The van der Waals surface area contributed by atoms with Crippen molar-refractivity contribution in [3.05, 3.63) is 0 Å². The fourth-order valence-electron chi connectivity index (χ4n) is 5.76. The first-order chi connectivity index (χ1) is 13.2. The van der Waals surface area contributed by atoms with E-state index < -0.39 is 0 Å².